The van der Waals surface area contributed by atoms with E-state index in [0.29, 0.717) is 36.9 Å². The number of ether oxygens (including phenoxy) is 1. The lowest BCUT2D eigenvalue weighted by atomic mass is 10.2. The van der Waals surface area contributed by atoms with Gasteiger partial charge in [0.1, 0.15) is 12.3 Å². The van der Waals surface area contributed by atoms with Gasteiger partial charge in [-0.15, -0.1) is 0 Å². The van der Waals surface area contributed by atoms with E-state index in [1.54, 1.807) is 36.3 Å². The van der Waals surface area contributed by atoms with Crippen LogP contribution >= 0.6 is 11.6 Å². The van der Waals surface area contributed by atoms with Crippen molar-refractivity contribution in [3.8, 4) is 5.75 Å². The molecule has 8 heteroatoms. The zero-order chi connectivity index (χ0) is 29.2. The van der Waals surface area contributed by atoms with Gasteiger partial charge in [0.15, 0.2) is 0 Å². The molecule has 0 unspecified atom stereocenters. The first-order valence-corrected chi connectivity index (χ1v) is 14.1. The van der Waals surface area contributed by atoms with Gasteiger partial charge >= 0.3 is 6.03 Å². The monoisotopic (exact) mass is 572 g/mol. The molecule has 7 nitrogen and oxygen atoms in total. The number of halogens is 1. The van der Waals surface area contributed by atoms with Crippen molar-refractivity contribution in [3.05, 3.63) is 119 Å². The standard InChI is InChI=1S/C33H37ClN4O3/c1-25(2)20-38(33(40)35-29-14-8-13-28(34)19-29)24-32(39)37(21-26-10-5-4-6-11-26)23-30-15-9-17-36(30)22-27-12-7-16-31(18-27)41-3/h4-19,25H,20-24H2,1-3H3,(H,35,40). The van der Waals surface area contributed by atoms with Gasteiger partial charge in [-0.1, -0.05) is 74.0 Å². The van der Waals surface area contributed by atoms with Gasteiger partial charge in [-0.3, -0.25) is 4.79 Å². The molecule has 3 amide bonds. The van der Waals surface area contributed by atoms with E-state index in [1.165, 1.54) is 0 Å². The van der Waals surface area contributed by atoms with Crippen LogP contribution in [0.2, 0.25) is 5.02 Å². The Bertz CT molecular complexity index is 1440. The predicted molar refractivity (Wildman–Crippen MR) is 164 cm³/mol. The molecule has 3 aromatic carbocycles. The van der Waals surface area contributed by atoms with Gasteiger partial charge < -0.3 is 24.4 Å². The number of methoxy groups -OCH3 is 1. The maximum Gasteiger partial charge on any atom is 0.322 e. The minimum Gasteiger partial charge on any atom is -0.497 e. The predicted octanol–water partition coefficient (Wildman–Crippen LogP) is 6.92. The van der Waals surface area contributed by atoms with Gasteiger partial charge in [-0.2, -0.15) is 0 Å². The van der Waals surface area contributed by atoms with Crippen molar-refractivity contribution >= 4 is 29.2 Å². The molecule has 0 radical (unpaired) electrons. The quantitative estimate of drug-likeness (QED) is 0.200. The Hall–Kier alpha value is -4.23. The van der Waals surface area contributed by atoms with Crippen LogP contribution < -0.4 is 10.1 Å². The summed E-state index contributed by atoms with van der Waals surface area (Å²) in [6.45, 7) is 5.91. The molecule has 4 rings (SSSR count). The third-order valence-corrected chi connectivity index (χ3v) is 6.84. The van der Waals surface area contributed by atoms with Crippen molar-refractivity contribution in [2.75, 3.05) is 25.5 Å². The molecule has 214 valence electrons. The zero-order valence-corrected chi connectivity index (χ0v) is 24.6. The molecule has 0 fully saturated rings. The Morgan fingerprint density at radius 3 is 2.37 bits per heavy atom. The Balaban J connectivity index is 1.54. The summed E-state index contributed by atoms with van der Waals surface area (Å²) < 4.78 is 7.52. The van der Waals surface area contributed by atoms with Crippen molar-refractivity contribution in [2.45, 2.75) is 33.5 Å². The van der Waals surface area contributed by atoms with Crippen LogP contribution in [0.5, 0.6) is 5.75 Å². The number of hydrogen-bond acceptors (Lipinski definition) is 3. The van der Waals surface area contributed by atoms with Crippen LogP contribution in [-0.4, -0.2) is 46.5 Å². The molecular weight excluding hydrogens is 536 g/mol. The number of urea groups is 1. The summed E-state index contributed by atoms with van der Waals surface area (Å²) in [5.41, 5.74) is 3.70. The van der Waals surface area contributed by atoms with Gasteiger partial charge in [0.2, 0.25) is 5.91 Å². The molecule has 0 saturated carbocycles. The number of carbonyl (C=O) groups excluding carboxylic acids is 2. The summed E-state index contributed by atoms with van der Waals surface area (Å²) in [7, 11) is 1.66. The summed E-state index contributed by atoms with van der Waals surface area (Å²) in [6.07, 6.45) is 2.02. The van der Waals surface area contributed by atoms with Crippen molar-refractivity contribution in [1.29, 1.82) is 0 Å². The number of amides is 3. The fourth-order valence-electron chi connectivity index (χ4n) is 4.64. The largest absolute Gasteiger partial charge is 0.497 e. The van der Waals surface area contributed by atoms with E-state index in [2.05, 4.69) is 16.0 Å². The Kier molecular flexibility index (Phi) is 10.5. The number of anilines is 1. The number of rotatable bonds is 12. The molecule has 1 aromatic heterocycles. The van der Waals surface area contributed by atoms with Crippen LogP contribution in [0.15, 0.2) is 97.2 Å². The normalized spacial score (nSPS) is 10.9. The second-order valence-corrected chi connectivity index (χ2v) is 10.9. The van der Waals surface area contributed by atoms with Crippen molar-refractivity contribution in [3.63, 3.8) is 0 Å². The first-order chi connectivity index (χ1) is 19.8. The van der Waals surface area contributed by atoms with E-state index in [4.69, 9.17) is 16.3 Å². The fourth-order valence-corrected chi connectivity index (χ4v) is 4.83. The van der Waals surface area contributed by atoms with E-state index < -0.39 is 0 Å². The molecule has 0 aliphatic carbocycles. The minimum atomic E-state index is -0.338. The molecule has 4 aromatic rings. The summed E-state index contributed by atoms with van der Waals surface area (Å²) >= 11 is 6.11. The Labute approximate surface area is 247 Å². The highest BCUT2D eigenvalue weighted by Gasteiger charge is 2.23. The van der Waals surface area contributed by atoms with Gasteiger partial charge in [0, 0.05) is 42.2 Å². The maximum absolute atomic E-state index is 13.9. The number of aromatic nitrogens is 1. The second-order valence-electron chi connectivity index (χ2n) is 10.4. The molecule has 1 N–H and O–H groups in total. The molecule has 0 spiro atoms. The summed E-state index contributed by atoms with van der Waals surface area (Å²) in [5, 5.41) is 3.42. The van der Waals surface area contributed by atoms with Crippen LogP contribution in [0, 0.1) is 5.92 Å². The van der Waals surface area contributed by atoms with Gasteiger partial charge in [-0.25, -0.2) is 4.79 Å². The smallest absolute Gasteiger partial charge is 0.322 e. The van der Waals surface area contributed by atoms with E-state index >= 15 is 0 Å². The van der Waals surface area contributed by atoms with Gasteiger partial charge in [0.05, 0.1) is 13.7 Å². The molecule has 0 saturated heterocycles. The summed E-state index contributed by atoms with van der Waals surface area (Å²) in [6, 6.07) is 28.5. The maximum atomic E-state index is 13.9. The van der Waals surface area contributed by atoms with E-state index in [1.807, 2.05) is 85.6 Å². The lowest BCUT2D eigenvalue weighted by Crippen LogP contribution is -2.45. The highest BCUT2D eigenvalue weighted by molar-refractivity contribution is 6.30. The number of hydrogen-bond donors (Lipinski definition) is 1. The topological polar surface area (TPSA) is 66.8 Å². The highest BCUT2D eigenvalue weighted by Crippen LogP contribution is 2.19. The molecular formula is C33H37ClN4O3. The van der Waals surface area contributed by atoms with Crippen molar-refractivity contribution < 1.29 is 14.3 Å². The molecule has 0 aliphatic heterocycles. The molecule has 0 atom stereocenters. The Morgan fingerprint density at radius 1 is 0.878 bits per heavy atom. The van der Waals surface area contributed by atoms with E-state index in [-0.39, 0.29) is 24.4 Å². The molecule has 0 bridgehead atoms. The molecule has 41 heavy (non-hydrogen) atoms. The van der Waals surface area contributed by atoms with Crippen LogP contribution in [0.3, 0.4) is 0 Å². The fraction of sp³-hybridized carbons (Fsp3) is 0.273. The van der Waals surface area contributed by atoms with E-state index in [0.717, 1.165) is 22.6 Å². The first kappa shape index (κ1) is 29.7. The number of nitrogens with zero attached hydrogens (tertiary/aromatic N) is 3. The lowest BCUT2D eigenvalue weighted by molar-refractivity contribution is -0.133. The number of carbonyl (C=O) groups is 2. The van der Waals surface area contributed by atoms with Crippen LogP contribution in [-0.2, 0) is 24.4 Å². The van der Waals surface area contributed by atoms with Crippen LogP contribution in [0.1, 0.15) is 30.7 Å². The summed E-state index contributed by atoms with van der Waals surface area (Å²) in [4.78, 5) is 30.6. The third-order valence-electron chi connectivity index (χ3n) is 6.61. The van der Waals surface area contributed by atoms with Crippen molar-refractivity contribution in [2.24, 2.45) is 5.92 Å². The Morgan fingerprint density at radius 2 is 1.63 bits per heavy atom. The number of nitrogens with one attached hydrogen (secondary N) is 1. The van der Waals surface area contributed by atoms with Gasteiger partial charge in [0.25, 0.3) is 0 Å². The SMILES string of the molecule is COc1cccc(Cn2cccc2CN(Cc2ccccc2)C(=O)CN(CC(C)C)C(=O)Nc2cccc(Cl)c2)c1. The molecule has 0 aliphatic rings. The van der Waals surface area contributed by atoms with Crippen LogP contribution in [0.4, 0.5) is 10.5 Å². The van der Waals surface area contributed by atoms with Crippen molar-refractivity contribution in [1.82, 2.24) is 14.4 Å². The first-order valence-electron chi connectivity index (χ1n) is 13.7. The highest BCUT2D eigenvalue weighted by atomic mass is 35.5. The summed E-state index contributed by atoms with van der Waals surface area (Å²) in [5.74, 6) is 0.846. The van der Waals surface area contributed by atoms with Crippen LogP contribution in [0.25, 0.3) is 0 Å². The average Bonchev–Trinajstić information content (AvgIpc) is 3.38. The third kappa shape index (κ3) is 8.88. The number of benzene rings is 3. The second kappa shape index (κ2) is 14.4. The zero-order valence-electron chi connectivity index (χ0n) is 23.8. The lowest BCUT2D eigenvalue weighted by Gasteiger charge is -2.29. The van der Waals surface area contributed by atoms with Gasteiger partial charge in [-0.05, 0) is 59.5 Å². The average molecular weight is 573 g/mol. The molecule has 1 heterocycles. The van der Waals surface area contributed by atoms with E-state index in [9.17, 15) is 9.59 Å². The minimum absolute atomic E-state index is 0.0476.